The lowest BCUT2D eigenvalue weighted by Crippen LogP contribution is -2.15. The van der Waals surface area contributed by atoms with Crippen LogP contribution < -0.4 is 5.32 Å². The van der Waals surface area contributed by atoms with Gasteiger partial charge in [0.25, 0.3) is 0 Å². The number of halogens is 2. The van der Waals surface area contributed by atoms with Gasteiger partial charge in [0.15, 0.2) is 16.7 Å². The highest BCUT2D eigenvalue weighted by atomic mass is 79.9. The lowest BCUT2D eigenvalue weighted by Gasteiger charge is -2.09. The number of furan rings is 1. The minimum atomic E-state index is -0.162. The van der Waals surface area contributed by atoms with Gasteiger partial charge in [-0.1, -0.05) is 46.2 Å². The molecule has 2 heterocycles. The van der Waals surface area contributed by atoms with Gasteiger partial charge in [-0.3, -0.25) is 9.36 Å². The number of rotatable bonds is 7. The lowest BCUT2D eigenvalue weighted by molar-refractivity contribution is -0.113. The van der Waals surface area contributed by atoms with Crippen LogP contribution in [-0.4, -0.2) is 26.4 Å². The molecule has 6 nitrogen and oxygen atoms in total. The first-order valence-electron chi connectivity index (χ1n) is 7.93. The molecule has 3 aromatic rings. The van der Waals surface area contributed by atoms with Crippen molar-refractivity contribution in [2.24, 2.45) is 0 Å². The van der Waals surface area contributed by atoms with Crippen molar-refractivity contribution in [2.45, 2.75) is 25.0 Å². The Morgan fingerprint density at radius 1 is 1.38 bits per heavy atom. The van der Waals surface area contributed by atoms with Crippen molar-refractivity contribution in [3.63, 3.8) is 0 Å². The number of hydrogen-bond acceptors (Lipinski definition) is 5. The number of carbonyl (C=O) groups is 1. The molecule has 0 saturated heterocycles. The Morgan fingerprint density at radius 3 is 2.92 bits per heavy atom. The van der Waals surface area contributed by atoms with Crippen molar-refractivity contribution in [1.82, 2.24) is 14.8 Å². The molecule has 0 atom stereocenters. The van der Waals surface area contributed by atoms with Crippen LogP contribution >= 0.6 is 39.3 Å². The minimum Gasteiger partial charge on any atom is -0.461 e. The van der Waals surface area contributed by atoms with E-state index in [2.05, 4.69) is 38.4 Å². The number of aromatic nitrogens is 3. The third-order valence-electron chi connectivity index (χ3n) is 3.44. The van der Waals surface area contributed by atoms with Crippen molar-refractivity contribution in [2.75, 3.05) is 11.1 Å². The SMILES string of the molecule is CCCn1c(SCC(=O)Nc2ccc(Br)cc2Cl)nnc1-c1ccco1. The predicted octanol–water partition coefficient (Wildman–Crippen LogP) is 5.09. The maximum absolute atomic E-state index is 12.2. The molecular formula is C17H16BrClN4O2S. The highest BCUT2D eigenvalue weighted by Gasteiger charge is 2.17. The number of hydrogen-bond donors (Lipinski definition) is 1. The number of nitrogens with one attached hydrogen (secondary N) is 1. The van der Waals surface area contributed by atoms with Crippen LogP contribution in [0.5, 0.6) is 0 Å². The van der Waals surface area contributed by atoms with Crippen LogP contribution in [-0.2, 0) is 11.3 Å². The van der Waals surface area contributed by atoms with Gasteiger partial charge in [-0.25, -0.2) is 0 Å². The van der Waals surface area contributed by atoms with Crippen molar-refractivity contribution in [3.05, 3.63) is 46.1 Å². The maximum Gasteiger partial charge on any atom is 0.234 e. The van der Waals surface area contributed by atoms with Gasteiger partial charge < -0.3 is 9.73 Å². The van der Waals surface area contributed by atoms with Gasteiger partial charge in [-0.05, 0) is 36.8 Å². The van der Waals surface area contributed by atoms with Crippen LogP contribution in [0.4, 0.5) is 5.69 Å². The molecule has 136 valence electrons. The summed E-state index contributed by atoms with van der Waals surface area (Å²) in [6, 6.07) is 8.96. The second-order valence-corrected chi connectivity index (χ2v) is 7.66. The molecule has 1 N–H and O–H groups in total. The van der Waals surface area contributed by atoms with Gasteiger partial charge in [0, 0.05) is 11.0 Å². The fourth-order valence-electron chi connectivity index (χ4n) is 2.32. The summed E-state index contributed by atoms with van der Waals surface area (Å²) in [5, 5.41) is 12.4. The average molecular weight is 456 g/mol. The van der Waals surface area contributed by atoms with E-state index in [4.69, 9.17) is 16.0 Å². The van der Waals surface area contributed by atoms with Crippen LogP contribution in [0.25, 0.3) is 11.6 Å². The molecule has 0 bridgehead atoms. The monoisotopic (exact) mass is 454 g/mol. The van der Waals surface area contributed by atoms with Gasteiger partial charge in [0.1, 0.15) is 0 Å². The molecule has 0 aliphatic rings. The number of anilines is 1. The van der Waals surface area contributed by atoms with Crippen molar-refractivity contribution < 1.29 is 9.21 Å². The van der Waals surface area contributed by atoms with Crippen molar-refractivity contribution in [3.8, 4) is 11.6 Å². The molecule has 0 spiro atoms. The number of amides is 1. The highest BCUT2D eigenvalue weighted by Crippen LogP contribution is 2.27. The summed E-state index contributed by atoms with van der Waals surface area (Å²) >= 11 is 10.8. The van der Waals surface area contributed by atoms with Crippen LogP contribution in [0.2, 0.25) is 5.02 Å². The molecule has 26 heavy (non-hydrogen) atoms. The lowest BCUT2D eigenvalue weighted by atomic mass is 10.3. The Morgan fingerprint density at radius 2 is 2.23 bits per heavy atom. The molecular weight excluding hydrogens is 440 g/mol. The van der Waals surface area contributed by atoms with Crippen LogP contribution in [0.3, 0.4) is 0 Å². The normalized spacial score (nSPS) is 10.9. The van der Waals surface area contributed by atoms with Crippen molar-refractivity contribution >= 4 is 50.9 Å². The van der Waals surface area contributed by atoms with Crippen molar-refractivity contribution in [1.29, 1.82) is 0 Å². The molecule has 0 unspecified atom stereocenters. The first-order chi connectivity index (χ1) is 12.6. The summed E-state index contributed by atoms with van der Waals surface area (Å²) in [6.07, 6.45) is 2.52. The first kappa shape index (κ1) is 19.0. The van der Waals surface area contributed by atoms with E-state index in [1.54, 1.807) is 18.4 Å². The quantitative estimate of drug-likeness (QED) is 0.502. The zero-order chi connectivity index (χ0) is 18.5. The smallest absolute Gasteiger partial charge is 0.234 e. The van der Waals surface area contributed by atoms with E-state index >= 15 is 0 Å². The minimum absolute atomic E-state index is 0.162. The summed E-state index contributed by atoms with van der Waals surface area (Å²) in [7, 11) is 0. The fourth-order valence-corrected chi connectivity index (χ4v) is 3.80. The van der Waals surface area contributed by atoms with Crippen LogP contribution in [0, 0.1) is 0 Å². The van der Waals surface area contributed by atoms with E-state index in [9.17, 15) is 4.79 Å². The molecule has 0 aliphatic carbocycles. The number of nitrogens with zero attached hydrogens (tertiary/aromatic N) is 3. The Balaban J connectivity index is 1.68. The number of thioether (sulfide) groups is 1. The van der Waals surface area contributed by atoms with E-state index < -0.39 is 0 Å². The van der Waals surface area contributed by atoms with Gasteiger partial charge in [0.05, 0.1) is 22.7 Å². The zero-order valence-corrected chi connectivity index (χ0v) is 17.1. The summed E-state index contributed by atoms with van der Waals surface area (Å²) in [5.74, 6) is 1.36. The zero-order valence-electron chi connectivity index (χ0n) is 13.9. The second kappa shape index (κ2) is 8.75. The molecule has 9 heteroatoms. The molecule has 2 aromatic heterocycles. The fraction of sp³-hybridized carbons (Fsp3) is 0.235. The summed E-state index contributed by atoms with van der Waals surface area (Å²) in [6.45, 7) is 2.81. The maximum atomic E-state index is 12.2. The van der Waals surface area contributed by atoms with Gasteiger partial charge in [0.2, 0.25) is 5.91 Å². The predicted molar refractivity (Wildman–Crippen MR) is 107 cm³/mol. The van der Waals surface area contributed by atoms with Gasteiger partial charge in [-0.2, -0.15) is 0 Å². The molecule has 1 amide bonds. The molecule has 0 radical (unpaired) electrons. The third kappa shape index (κ3) is 4.49. The summed E-state index contributed by atoms with van der Waals surface area (Å²) in [4.78, 5) is 12.2. The molecule has 0 saturated carbocycles. The highest BCUT2D eigenvalue weighted by molar-refractivity contribution is 9.10. The topological polar surface area (TPSA) is 73.0 Å². The molecule has 0 fully saturated rings. The molecule has 1 aromatic carbocycles. The average Bonchev–Trinajstić information content (AvgIpc) is 3.26. The molecule has 3 rings (SSSR count). The van der Waals surface area contributed by atoms with Crippen LogP contribution in [0.1, 0.15) is 13.3 Å². The Kier molecular flexibility index (Phi) is 6.39. The standard InChI is InChI=1S/C17H16BrClN4O2S/c1-2-7-23-16(14-4-3-8-25-14)21-22-17(23)26-10-15(24)20-13-6-5-11(18)9-12(13)19/h3-6,8-9H,2,7,10H2,1H3,(H,20,24). The Labute approximate surface area is 168 Å². The summed E-state index contributed by atoms with van der Waals surface area (Å²) < 4.78 is 8.23. The van der Waals surface area contributed by atoms with Crippen LogP contribution in [0.15, 0.2) is 50.6 Å². The van der Waals surface area contributed by atoms with E-state index in [0.717, 1.165) is 17.4 Å². The molecule has 0 aliphatic heterocycles. The Hall–Kier alpha value is -1.77. The Bertz CT molecular complexity index is 898. The summed E-state index contributed by atoms with van der Waals surface area (Å²) in [5.41, 5.74) is 0.576. The van der Waals surface area contributed by atoms with E-state index in [-0.39, 0.29) is 11.7 Å². The van der Waals surface area contributed by atoms with E-state index in [1.807, 2.05) is 22.8 Å². The number of benzene rings is 1. The van der Waals surface area contributed by atoms with Gasteiger partial charge >= 0.3 is 0 Å². The second-order valence-electron chi connectivity index (χ2n) is 5.40. The van der Waals surface area contributed by atoms with E-state index in [0.29, 0.717) is 27.5 Å². The first-order valence-corrected chi connectivity index (χ1v) is 10.1. The van der Waals surface area contributed by atoms with E-state index in [1.165, 1.54) is 11.8 Å². The largest absolute Gasteiger partial charge is 0.461 e. The van der Waals surface area contributed by atoms with Gasteiger partial charge in [-0.15, -0.1) is 10.2 Å². The third-order valence-corrected chi connectivity index (χ3v) is 5.22. The number of carbonyl (C=O) groups excluding carboxylic acids is 1.